The molecule has 198 valence electrons. The zero-order valence-corrected chi connectivity index (χ0v) is 23.0. The molecule has 1 amide bonds. The number of aromatic nitrogens is 2. The lowest BCUT2D eigenvalue weighted by atomic mass is 9.99. The van der Waals surface area contributed by atoms with Crippen molar-refractivity contribution in [2.75, 3.05) is 18.4 Å². The van der Waals surface area contributed by atoms with Crippen LogP contribution in [0.4, 0.5) is 5.69 Å². The molecule has 0 bridgehead atoms. The van der Waals surface area contributed by atoms with E-state index in [1.165, 1.54) is 44.2 Å². The number of nitrogens with zero attached hydrogens (tertiary/aromatic N) is 3. The van der Waals surface area contributed by atoms with Crippen LogP contribution in [0.5, 0.6) is 0 Å². The molecule has 0 aliphatic carbocycles. The summed E-state index contributed by atoms with van der Waals surface area (Å²) in [6.45, 7) is 5.12. The van der Waals surface area contributed by atoms with Gasteiger partial charge >= 0.3 is 0 Å². The Morgan fingerprint density at radius 1 is 1.03 bits per heavy atom. The number of fused-ring (bicyclic) bond motifs is 1. The van der Waals surface area contributed by atoms with Crippen LogP contribution in [-0.2, 0) is 21.4 Å². The number of rotatable bonds is 7. The molecule has 1 fully saturated rings. The summed E-state index contributed by atoms with van der Waals surface area (Å²) in [4.78, 5) is 31.3. The smallest absolute Gasteiger partial charge is 0.263 e. The standard InChI is InChI=1S/C28H30N4O4S2/c1-19(2)20-6-8-21(9-7-20)24-17-37-27-26(24)28(34)31(18-29-27)16-25(33)30-22-10-12-23(13-11-22)38(35,36)32-14-4-3-5-15-32/h6-13,17-19H,3-5,14-16H2,1-2H3,(H,30,33). The molecule has 1 aliphatic rings. The number of nitrogens with one attached hydrogen (secondary N) is 1. The predicted molar refractivity (Wildman–Crippen MR) is 151 cm³/mol. The van der Waals surface area contributed by atoms with Gasteiger partial charge in [-0.1, -0.05) is 44.5 Å². The maximum Gasteiger partial charge on any atom is 0.263 e. The summed E-state index contributed by atoms with van der Waals surface area (Å²) in [5, 5.41) is 5.17. The number of anilines is 1. The second kappa shape index (κ2) is 10.8. The van der Waals surface area contributed by atoms with E-state index in [1.54, 1.807) is 12.1 Å². The normalized spacial score (nSPS) is 14.7. The third kappa shape index (κ3) is 5.29. The van der Waals surface area contributed by atoms with Crippen LogP contribution < -0.4 is 10.9 Å². The van der Waals surface area contributed by atoms with Crippen molar-refractivity contribution in [3.63, 3.8) is 0 Å². The van der Waals surface area contributed by atoms with Gasteiger partial charge in [0.2, 0.25) is 15.9 Å². The summed E-state index contributed by atoms with van der Waals surface area (Å²) in [6, 6.07) is 14.3. The van der Waals surface area contributed by atoms with Crippen molar-refractivity contribution < 1.29 is 13.2 Å². The molecular weight excluding hydrogens is 520 g/mol. The van der Waals surface area contributed by atoms with E-state index in [4.69, 9.17) is 0 Å². The van der Waals surface area contributed by atoms with Crippen molar-refractivity contribution >= 4 is 43.2 Å². The predicted octanol–water partition coefficient (Wildman–Crippen LogP) is 5.06. The first-order chi connectivity index (χ1) is 18.2. The number of thiophene rings is 1. The molecule has 0 unspecified atom stereocenters. The number of amides is 1. The average molecular weight is 551 g/mol. The van der Waals surface area contributed by atoms with E-state index in [0.717, 1.165) is 30.4 Å². The number of sulfonamides is 1. The molecule has 0 saturated carbocycles. The highest BCUT2D eigenvalue weighted by atomic mass is 32.2. The topological polar surface area (TPSA) is 101 Å². The minimum atomic E-state index is -3.54. The quantitative estimate of drug-likeness (QED) is 0.347. The van der Waals surface area contributed by atoms with E-state index in [-0.39, 0.29) is 17.0 Å². The number of carbonyl (C=O) groups excluding carboxylic acids is 1. The molecule has 0 radical (unpaired) electrons. The molecule has 5 rings (SSSR count). The van der Waals surface area contributed by atoms with Crippen LogP contribution in [0.3, 0.4) is 0 Å². The third-order valence-electron chi connectivity index (χ3n) is 6.85. The highest BCUT2D eigenvalue weighted by molar-refractivity contribution is 7.89. The molecule has 1 saturated heterocycles. The van der Waals surface area contributed by atoms with E-state index in [0.29, 0.717) is 34.9 Å². The number of piperidine rings is 1. The molecule has 0 atom stereocenters. The third-order valence-corrected chi connectivity index (χ3v) is 9.65. The van der Waals surface area contributed by atoms with Crippen LogP contribution in [-0.4, -0.2) is 41.3 Å². The van der Waals surface area contributed by atoms with Gasteiger partial charge in [0.25, 0.3) is 5.56 Å². The fourth-order valence-electron chi connectivity index (χ4n) is 4.66. The maximum atomic E-state index is 13.3. The first kappa shape index (κ1) is 26.3. The molecule has 3 heterocycles. The molecule has 10 heteroatoms. The molecule has 2 aromatic carbocycles. The highest BCUT2D eigenvalue weighted by Crippen LogP contribution is 2.31. The monoisotopic (exact) mass is 550 g/mol. The first-order valence-electron chi connectivity index (χ1n) is 12.7. The summed E-state index contributed by atoms with van der Waals surface area (Å²) >= 11 is 1.40. The van der Waals surface area contributed by atoms with Gasteiger partial charge in [-0.05, 0) is 54.2 Å². The number of hydrogen-bond acceptors (Lipinski definition) is 6. The number of hydrogen-bond donors (Lipinski definition) is 1. The Morgan fingerprint density at radius 3 is 2.37 bits per heavy atom. The van der Waals surface area contributed by atoms with E-state index < -0.39 is 15.9 Å². The zero-order chi connectivity index (χ0) is 26.9. The van der Waals surface area contributed by atoms with E-state index >= 15 is 0 Å². The van der Waals surface area contributed by atoms with Gasteiger partial charge < -0.3 is 5.32 Å². The van der Waals surface area contributed by atoms with Gasteiger partial charge in [-0.15, -0.1) is 11.3 Å². The SMILES string of the molecule is CC(C)c1ccc(-c2csc3ncn(CC(=O)Nc4ccc(S(=O)(=O)N5CCCCC5)cc4)c(=O)c23)cc1. The highest BCUT2D eigenvalue weighted by Gasteiger charge is 2.25. The molecule has 1 N–H and O–H groups in total. The van der Waals surface area contributed by atoms with Crippen molar-refractivity contribution in [3.8, 4) is 11.1 Å². The molecule has 8 nitrogen and oxygen atoms in total. The number of benzene rings is 2. The van der Waals surface area contributed by atoms with Crippen LogP contribution in [0.15, 0.2) is 69.9 Å². The lowest BCUT2D eigenvalue weighted by Gasteiger charge is -2.25. The van der Waals surface area contributed by atoms with Crippen molar-refractivity contribution in [2.45, 2.75) is 50.5 Å². The summed E-state index contributed by atoms with van der Waals surface area (Å²) in [5.74, 6) is 0.00824. The van der Waals surface area contributed by atoms with Gasteiger partial charge in [0.05, 0.1) is 16.6 Å². The largest absolute Gasteiger partial charge is 0.325 e. The van der Waals surface area contributed by atoms with Gasteiger partial charge in [0, 0.05) is 29.7 Å². The summed E-state index contributed by atoms with van der Waals surface area (Å²) in [7, 11) is -3.54. The van der Waals surface area contributed by atoms with Gasteiger partial charge in [-0.2, -0.15) is 4.31 Å². The summed E-state index contributed by atoms with van der Waals surface area (Å²) in [6.07, 6.45) is 4.16. The van der Waals surface area contributed by atoms with Crippen LogP contribution in [0, 0.1) is 0 Å². The van der Waals surface area contributed by atoms with Crippen LogP contribution in [0.1, 0.15) is 44.6 Å². The van der Waals surface area contributed by atoms with Crippen molar-refractivity contribution in [2.24, 2.45) is 0 Å². The molecule has 0 spiro atoms. The maximum absolute atomic E-state index is 13.3. The lowest BCUT2D eigenvalue weighted by Crippen LogP contribution is -2.35. The Balaban J connectivity index is 1.32. The Hall–Kier alpha value is -3.34. The summed E-state index contributed by atoms with van der Waals surface area (Å²) < 4.78 is 28.5. The van der Waals surface area contributed by atoms with Crippen LogP contribution >= 0.6 is 11.3 Å². The van der Waals surface area contributed by atoms with Gasteiger partial charge in [0.15, 0.2) is 0 Å². The van der Waals surface area contributed by atoms with Crippen molar-refractivity contribution in [1.82, 2.24) is 13.9 Å². The molecule has 38 heavy (non-hydrogen) atoms. The first-order valence-corrected chi connectivity index (χ1v) is 15.0. The fraction of sp³-hybridized carbons (Fsp3) is 0.321. The Morgan fingerprint density at radius 2 is 1.71 bits per heavy atom. The van der Waals surface area contributed by atoms with Gasteiger partial charge in [-0.25, -0.2) is 13.4 Å². The molecule has 1 aliphatic heterocycles. The van der Waals surface area contributed by atoms with Crippen LogP contribution in [0.25, 0.3) is 21.3 Å². The van der Waals surface area contributed by atoms with E-state index in [9.17, 15) is 18.0 Å². The van der Waals surface area contributed by atoms with Crippen molar-refractivity contribution in [3.05, 3.63) is 76.2 Å². The molecule has 2 aromatic heterocycles. The molecule has 4 aromatic rings. The number of carbonyl (C=O) groups is 1. The Kier molecular flexibility index (Phi) is 7.47. The second-order valence-corrected chi connectivity index (χ2v) is 12.6. The zero-order valence-electron chi connectivity index (χ0n) is 21.4. The lowest BCUT2D eigenvalue weighted by molar-refractivity contribution is -0.116. The fourth-order valence-corrected chi connectivity index (χ4v) is 7.08. The summed E-state index contributed by atoms with van der Waals surface area (Å²) in [5.41, 5.74) is 3.13. The Labute approximate surface area is 226 Å². The van der Waals surface area contributed by atoms with Crippen LogP contribution in [0.2, 0.25) is 0 Å². The second-order valence-electron chi connectivity index (χ2n) is 9.82. The van der Waals surface area contributed by atoms with Gasteiger partial charge in [-0.3, -0.25) is 14.2 Å². The van der Waals surface area contributed by atoms with Crippen molar-refractivity contribution in [1.29, 1.82) is 0 Å². The average Bonchev–Trinajstić information content (AvgIpc) is 3.36. The van der Waals surface area contributed by atoms with Gasteiger partial charge in [0.1, 0.15) is 11.4 Å². The molecular formula is C28H30N4O4S2. The Bertz CT molecular complexity index is 1620. The minimum Gasteiger partial charge on any atom is -0.325 e. The van der Waals surface area contributed by atoms with E-state index in [2.05, 4.69) is 36.3 Å². The minimum absolute atomic E-state index is 0.203. The van der Waals surface area contributed by atoms with E-state index in [1.807, 2.05) is 17.5 Å².